The van der Waals surface area contributed by atoms with E-state index in [0.717, 1.165) is 37.2 Å². The maximum atomic E-state index is 5.96. The van der Waals surface area contributed by atoms with E-state index in [1.54, 1.807) is 0 Å². The number of nitrogens with two attached hydrogens (primary N) is 1. The first-order valence-electron chi connectivity index (χ1n) is 6.19. The number of likely N-dealkylation sites (N-methyl/N-ethyl adjacent to an activating group) is 1. The van der Waals surface area contributed by atoms with Crippen LogP contribution in [0.1, 0.15) is 13.8 Å². The first kappa shape index (κ1) is 18.0. The van der Waals surface area contributed by atoms with Crippen molar-refractivity contribution in [2.45, 2.75) is 20.4 Å². The molecule has 0 unspecified atom stereocenters. The van der Waals surface area contributed by atoms with Gasteiger partial charge in [0, 0.05) is 13.1 Å². The van der Waals surface area contributed by atoms with E-state index in [2.05, 4.69) is 34.4 Å². The van der Waals surface area contributed by atoms with E-state index in [0.29, 0.717) is 5.95 Å². The molecule has 0 aliphatic carbocycles. The molecule has 0 radical (unpaired) electrons. The zero-order chi connectivity index (χ0) is 12.3. The van der Waals surface area contributed by atoms with Crippen LogP contribution in [0.3, 0.4) is 0 Å². The predicted molar refractivity (Wildman–Crippen MR) is 71.9 cm³/mol. The number of rotatable bonds is 5. The van der Waals surface area contributed by atoms with Gasteiger partial charge in [-0.3, -0.25) is 0 Å². The van der Waals surface area contributed by atoms with Crippen molar-refractivity contribution < 1.29 is 24.8 Å². The summed E-state index contributed by atoms with van der Waals surface area (Å²) in [4.78, 5) is 6.75. The van der Waals surface area contributed by atoms with Gasteiger partial charge in [-0.15, -0.1) is 0 Å². The number of fused-ring (bicyclic) bond motifs is 1. The Kier molecular flexibility index (Phi) is 7.83. The number of benzene rings is 1. The molecule has 0 saturated heterocycles. The molecule has 0 aliphatic rings. The van der Waals surface area contributed by atoms with E-state index >= 15 is 0 Å². The van der Waals surface area contributed by atoms with Gasteiger partial charge in [-0.1, -0.05) is 26.0 Å². The zero-order valence-electron chi connectivity index (χ0n) is 11.3. The van der Waals surface area contributed by atoms with Crippen molar-refractivity contribution in [1.82, 2.24) is 14.5 Å². The summed E-state index contributed by atoms with van der Waals surface area (Å²) in [7, 11) is 0. The van der Waals surface area contributed by atoms with E-state index in [-0.39, 0.29) is 24.8 Å². The van der Waals surface area contributed by atoms with E-state index in [9.17, 15) is 0 Å². The van der Waals surface area contributed by atoms with E-state index in [4.69, 9.17) is 5.73 Å². The highest BCUT2D eigenvalue weighted by atomic mass is 35.5. The van der Waals surface area contributed by atoms with Crippen LogP contribution >= 0.6 is 0 Å². The Morgan fingerprint density at radius 3 is 2.42 bits per heavy atom. The molecule has 1 heterocycles. The molecule has 0 aliphatic heterocycles. The summed E-state index contributed by atoms with van der Waals surface area (Å²) >= 11 is 0. The van der Waals surface area contributed by atoms with Gasteiger partial charge >= 0.3 is 0 Å². The molecule has 4 nitrogen and oxygen atoms in total. The van der Waals surface area contributed by atoms with Crippen LogP contribution in [0.4, 0.5) is 5.95 Å². The van der Waals surface area contributed by atoms with Crippen molar-refractivity contribution in [2.24, 2.45) is 0 Å². The molecule has 1 aromatic carbocycles. The summed E-state index contributed by atoms with van der Waals surface area (Å²) in [5, 5.41) is 0. The largest absolute Gasteiger partial charge is 1.00 e. The molecule has 19 heavy (non-hydrogen) atoms. The molecule has 0 spiro atoms. The van der Waals surface area contributed by atoms with Gasteiger partial charge in [-0.25, -0.2) is 4.98 Å². The zero-order valence-corrected chi connectivity index (χ0v) is 12.8. The Morgan fingerprint density at radius 1 is 1.16 bits per heavy atom. The van der Waals surface area contributed by atoms with Crippen LogP contribution in [0.2, 0.25) is 0 Å². The minimum Gasteiger partial charge on any atom is -1.00 e. The highest BCUT2D eigenvalue weighted by molar-refractivity contribution is 5.78. The van der Waals surface area contributed by atoms with Crippen molar-refractivity contribution in [1.29, 1.82) is 0 Å². The number of anilines is 1. The third kappa shape index (κ3) is 4.00. The summed E-state index contributed by atoms with van der Waals surface area (Å²) in [5.74, 6) is 0.610. The number of para-hydroxylation sites is 2. The summed E-state index contributed by atoms with van der Waals surface area (Å²) in [5.41, 5.74) is 8.05. The number of hydrogen-bond acceptors (Lipinski definition) is 3. The van der Waals surface area contributed by atoms with Crippen molar-refractivity contribution in [3.8, 4) is 0 Å². The van der Waals surface area contributed by atoms with Crippen molar-refractivity contribution in [3.05, 3.63) is 24.3 Å². The molecule has 0 atom stereocenters. The van der Waals surface area contributed by atoms with Crippen molar-refractivity contribution >= 4 is 17.0 Å². The standard InChI is InChI=1S/C13H20N4.2ClH/c1-3-16(4-2)9-10-17-12-8-6-5-7-11(12)15-13(17)14;;/h5-8H,3-4,9-10H2,1-2H3,(H2,14,15);2*1H/p-2. The lowest BCUT2D eigenvalue weighted by molar-refractivity contribution is -0.001000. The number of nitrogens with zero attached hydrogens (tertiary/aromatic N) is 3. The Bertz CT molecular complexity index is 494. The molecular weight excluding hydrogens is 283 g/mol. The van der Waals surface area contributed by atoms with Gasteiger partial charge in [0.2, 0.25) is 5.95 Å². The second-order valence-electron chi connectivity index (χ2n) is 4.14. The average Bonchev–Trinajstić information content (AvgIpc) is 2.67. The fraction of sp³-hybridized carbons (Fsp3) is 0.462. The minimum atomic E-state index is 0. The van der Waals surface area contributed by atoms with Gasteiger partial charge in [0.15, 0.2) is 0 Å². The third-order valence-electron chi connectivity index (χ3n) is 3.22. The maximum absolute atomic E-state index is 5.96. The fourth-order valence-electron chi connectivity index (χ4n) is 2.11. The second-order valence-corrected chi connectivity index (χ2v) is 4.14. The Balaban J connectivity index is 0.00000162. The molecule has 2 aromatic rings. The lowest BCUT2D eigenvalue weighted by atomic mass is 10.3. The van der Waals surface area contributed by atoms with Gasteiger partial charge in [0.05, 0.1) is 11.0 Å². The Labute approximate surface area is 126 Å². The van der Waals surface area contributed by atoms with Crippen LogP contribution in [0.25, 0.3) is 11.0 Å². The Morgan fingerprint density at radius 2 is 1.79 bits per heavy atom. The first-order chi connectivity index (χ1) is 8.26. The van der Waals surface area contributed by atoms with Crippen LogP contribution in [-0.4, -0.2) is 34.1 Å². The SMILES string of the molecule is CCN(CC)CCn1c(N)nc2ccccc21.[Cl-].[Cl-]. The lowest BCUT2D eigenvalue weighted by Gasteiger charge is -2.18. The predicted octanol–water partition coefficient (Wildman–Crippen LogP) is -4.03. The average molecular weight is 303 g/mol. The fourth-order valence-corrected chi connectivity index (χ4v) is 2.11. The van der Waals surface area contributed by atoms with Crippen LogP contribution in [-0.2, 0) is 6.54 Å². The highest BCUT2D eigenvalue weighted by Crippen LogP contribution is 2.16. The summed E-state index contributed by atoms with van der Waals surface area (Å²) in [6, 6.07) is 8.08. The summed E-state index contributed by atoms with van der Waals surface area (Å²) in [6.07, 6.45) is 0. The highest BCUT2D eigenvalue weighted by Gasteiger charge is 2.08. The van der Waals surface area contributed by atoms with Gasteiger partial charge in [0.25, 0.3) is 0 Å². The molecule has 108 valence electrons. The smallest absolute Gasteiger partial charge is 0.201 e. The number of aromatic nitrogens is 2. The van der Waals surface area contributed by atoms with Crippen LogP contribution < -0.4 is 30.5 Å². The molecule has 2 rings (SSSR count). The second kappa shape index (κ2) is 8.25. The topological polar surface area (TPSA) is 47.1 Å². The van der Waals surface area contributed by atoms with E-state index < -0.39 is 0 Å². The number of nitrogen functional groups attached to an aromatic ring is 1. The van der Waals surface area contributed by atoms with Gasteiger partial charge < -0.3 is 40.0 Å². The monoisotopic (exact) mass is 302 g/mol. The number of imidazole rings is 1. The summed E-state index contributed by atoms with van der Waals surface area (Å²) in [6.45, 7) is 8.41. The molecule has 0 fully saturated rings. The van der Waals surface area contributed by atoms with Gasteiger partial charge in [0.1, 0.15) is 0 Å². The van der Waals surface area contributed by atoms with E-state index in [1.165, 1.54) is 0 Å². The van der Waals surface area contributed by atoms with Crippen LogP contribution in [0, 0.1) is 0 Å². The quantitative estimate of drug-likeness (QED) is 0.612. The van der Waals surface area contributed by atoms with Gasteiger partial charge in [-0.05, 0) is 25.2 Å². The minimum absolute atomic E-state index is 0. The summed E-state index contributed by atoms with van der Waals surface area (Å²) < 4.78 is 2.09. The first-order valence-corrected chi connectivity index (χ1v) is 6.19. The Hall–Kier alpha value is -0.970. The maximum Gasteiger partial charge on any atom is 0.201 e. The van der Waals surface area contributed by atoms with Crippen LogP contribution in [0.15, 0.2) is 24.3 Å². The van der Waals surface area contributed by atoms with Crippen LogP contribution in [0.5, 0.6) is 0 Å². The molecule has 1 aromatic heterocycles. The number of hydrogen-bond donors (Lipinski definition) is 1. The number of halogens is 2. The molecule has 0 bridgehead atoms. The lowest BCUT2D eigenvalue weighted by Crippen LogP contribution is -3.00. The normalized spacial score (nSPS) is 10.3. The molecule has 6 heteroatoms. The van der Waals surface area contributed by atoms with E-state index in [1.807, 2.05) is 18.2 Å². The molecule has 0 amide bonds. The molecular formula is C13H20Cl2N4-2. The third-order valence-corrected chi connectivity index (χ3v) is 3.22. The van der Waals surface area contributed by atoms with Crippen molar-refractivity contribution in [2.75, 3.05) is 25.4 Å². The van der Waals surface area contributed by atoms with Gasteiger partial charge in [-0.2, -0.15) is 0 Å². The molecule has 2 N–H and O–H groups in total. The molecule has 0 saturated carbocycles. The van der Waals surface area contributed by atoms with Crippen molar-refractivity contribution in [3.63, 3.8) is 0 Å².